The number of aliphatic hydroxyl groups excluding tert-OH is 3. The number of amides is 15. The largest absolute Gasteiger partial charge is 0.481 e. The maximum atomic E-state index is 14.2. The van der Waals surface area contributed by atoms with Gasteiger partial charge in [0.25, 0.3) is 0 Å². The maximum absolute atomic E-state index is 14.2. The molecule has 1 aliphatic heterocycles. The van der Waals surface area contributed by atoms with Crippen molar-refractivity contribution in [3.8, 4) is 0 Å². The fraction of sp³-hybridized carbons (Fsp3) is 0.580. The fourth-order valence-electron chi connectivity index (χ4n) is 11.2. The predicted molar refractivity (Wildman–Crippen MR) is 383 cm³/mol. The molecule has 1 fully saturated rings. The van der Waals surface area contributed by atoms with Crippen molar-refractivity contribution in [1.82, 2.24) is 68.7 Å². The number of rotatable bonds is 48. The lowest BCUT2D eigenvalue weighted by Gasteiger charge is -2.29. The van der Waals surface area contributed by atoms with Gasteiger partial charge in [-0.2, -0.15) is 0 Å². The molecule has 39 nitrogen and oxygen atoms in total. The number of hydrogen-bond acceptors (Lipinski definition) is 22. The topological polar surface area (TPSA) is 643 Å². The molecule has 2 aromatic carbocycles. The third-order valence-corrected chi connectivity index (χ3v) is 17.2. The number of nitrogens with two attached hydrogens (primary N) is 4. The molecule has 0 unspecified atom stereocenters. The molecule has 1 heterocycles. The normalized spacial score (nSPS) is 16.4. The Bertz CT molecular complexity index is 3440. The van der Waals surface area contributed by atoms with Crippen molar-refractivity contribution >= 4 is 101 Å². The second-order valence-corrected chi connectivity index (χ2v) is 26.7. The summed E-state index contributed by atoms with van der Waals surface area (Å²) in [6.07, 6.45) is -5.22. The van der Waals surface area contributed by atoms with Crippen LogP contribution < -0.4 is 86.7 Å². The van der Waals surface area contributed by atoms with Crippen molar-refractivity contribution in [3.05, 3.63) is 71.8 Å². The Hall–Kier alpha value is -10.8. The number of nitrogens with zero attached hydrogens (tertiary/aromatic N) is 1. The predicted octanol–water partition coefficient (Wildman–Crippen LogP) is -7.45. The van der Waals surface area contributed by atoms with Gasteiger partial charge in [-0.1, -0.05) is 94.8 Å². The number of benzene rings is 2. The van der Waals surface area contributed by atoms with Crippen LogP contribution in [-0.2, 0) is 94.3 Å². The van der Waals surface area contributed by atoms with Crippen molar-refractivity contribution in [2.45, 2.75) is 210 Å². The maximum Gasteiger partial charge on any atom is 0.326 e. The number of carboxylic acids is 2. The number of carbonyl (C=O) groups excluding carboxylic acids is 15. The summed E-state index contributed by atoms with van der Waals surface area (Å²) in [6.45, 7) is 6.09. The van der Waals surface area contributed by atoms with Crippen LogP contribution in [0.25, 0.3) is 0 Å². The van der Waals surface area contributed by atoms with E-state index >= 15 is 0 Å². The first kappa shape index (κ1) is 91.4. The minimum Gasteiger partial charge on any atom is -0.481 e. The van der Waals surface area contributed by atoms with Crippen LogP contribution >= 0.6 is 0 Å². The van der Waals surface area contributed by atoms with Gasteiger partial charge in [-0.25, -0.2) is 4.79 Å². The molecule has 1 saturated heterocycles. The van der Waals surface area contributed by atoms with Gasteiger partial charge in [0, 0.05) is 25.8 Å². The molecule has 1 aliphatic rings. The monoisotopic (exact) mass is 1520 g/mol. The molecular weight excluding hydrogens is 1420 g/mol. The van der Waals surface area contributed by atoms with Crippen molar-refractivity contribution in [3.63, 3.8) is 0 Å². The standard InChI is InChI=1S/C69H105N17O22/c1-7-36(4)55(65(103)82-47(69(107)108)31-51(73)91)84-61(99)43(23-24-54(94)95)77-62(100)44(27-35(2)3)79-60(98)42(21-14-15-25-70)78-66(104)56(37(5)88)83-53(93)33-75-59(97)48(34-87)76-52(92)32-74-58(96)45(28-39-17-10-8-11-18-39)81-67(105)57(38(6)89)85-63(101)46(29-40-19-12-9-13-20-40)80-64(102)49-22-16-26-86(49)68(106)41(71)30-50(72)90/h8-13,17-20,35-38,41-49,55-57,87-89H,7,14-16,21-34,70-71H2,1-6H3,(H2,72,90)(H2,73,91)(H,74,96)(H,75,97)(H,76,92)(H,77,100)(H,78,104)(H,79,98)(H,80,102)(H,81,105)(H,82,103)(H,83,93)(H,84,99)(H,85,101)(H,94,95)(H,107,108)/t36-,37+,38+,41-,42-,43-,44-,45-,46-,47-,48-,49-,55-,56-,57-/m0/s1. The molecule has 0 spiro atoms. The highest BCUT2D eigenvalue weighted by Crippen LogP contribution is 2.21. The van der Waals surface area contributed by atoms with E-state index in [2.05, 4.69) is 63.8 Å². The van der Waals surface area contributed by atoms with E-state index in [4.69, 9.17) is 22.9 Å². The van der Waals surface area contributed by atoms with E-state index in [1.807, 2.05) is 0 Å². The molecule has 3 rings (SSSR count). The number of unbranched alkanes of at least 4 members (excludes halogenated alkanes) is 1. The summed E-state index contributed by atoms with van der Waals surface area (Å²) in [7, 11) is 0. The third kappa shape index (κ3) is 31.7. The minimum atomic E-state index is -1.85. The SMILES string of the molecule is CC[C@H](C)[C@H](NC(=O)[C@H](CCC(=O)O)NC(=O)[C@H](CC(C)C)NC(=O)[C@H](CCCCN)NC(=O)[C@@H](NC(=O)CNC(=O)[C@H](CO)NC(=O)CNC(=O)[C@H](Cc1ccccc1)NC(=O)[C@@H](NC(=O)[C@H](Cc1ccccc1)NC(=O)[C@@H]1CCCN1C(=O)[C@@H](N)CC(N)=O)[C@@H](C)O)[C@@H](C)O)C(=O)N[C@@H](CC(N)=O)C(=O)O. The van der Waals surface area contributed by atoms with Crippen LogP contribution in [0.15, 0.2) is 60.7 Å². The summed E-state index contributed by atoms with van der Waals surface area (Å²) >= 11 is 0. The second kappa shape index (κ2) is 46.3. The van der Waals surface area contributed by atoms with Crippen LogP contribution in [0.1, 0.15) is 123 Å². The Balaban J connectivity index is 1.74. The van der Waals surface area contributed by atoms with Crippen LogP contribution in [-0.4, -0.2) is 248 Å². The summed E-state index contributed by atoms with van der Waals surface area (Å²) in [4.78, 5) is 227. The van der Waals surface area contributed by atoms with Gasteiger partial charge < -0.3 is 117 Å². The van der Waals surface area contributed by atoms with E-state index in [0.717, 1.165) is 6.92 Å². The molecule has 25 N–H and O–H groups in total. The Morgan fingerprint density at radius 2 is 0.954 bits per heavy atom. The first-order valence-electron chi connectivity index (χ1n) is 35.3. The van der Waals surface area contributed by atoms with Gasteiger partial charge in [-0.15, -0.1) is 0 Å². The van der Waals surface area contributed by atoms with Crippen molar-refractivity contribution < 1.29 is 107 Å². The average Bonchev–Trinajstić information content (AvgIpc) is 1.60. The van der Waals surface area contributed by atoms with Gasteiger partial charge in [-0.3, -0.25) is 76.7 Å². The van der Waals surface area contributed by atoms with E-state index in [1.165, 1.54) is 18.7 Å². The number of carbonyl (C=O) groups is 17. The number of nitrogens with one attached hydrogen (secondary N) is 12. The summed E-state index contributed by atoms with van der Waals surface area (Å²) < 4.78 is 0. The van der Waals surface area contributed by atoms with Gasteiger partial charge in [0.15, 0.2) is 0 Å². The van der Waals surface area contributed by atoms with Crippen LogP contribution in [0.3, 0.4) is 0 Å². The Kier molecular flexibility index (Phi) is 39.2. The van der Waals surface area contributed by atoms with Gasteiger partial charge in [0.05, 0.1) is 50.8 Å². The molecule has 0 saturated carbocycles. The smallest absolute Gasteiger partial charge is 0.326 e. The summed E-state index contributed by atoms with van der Waals surface area (Å²) in [5.74, 6) is -19.2. The van der Waals surface area contributed by atoms with Crippen LogP contribution in [0.2, 0.25) is 0 Å². The molecule has 39 heteroatoms. The van der Waals surface area contributed by atoms with E-state index in [1.54, 1.807) is 81.4 Å². The van der Waals surface area contributed by atoms with Crippen LogP contribution in [0.5, 0.6) is 0 Å². The lowest BCUT2D eigenvalue weighted by molar-refractivity contribution is -0.144. The molecule has 15 amide bonds. The molecule has 0 aromatic heterocycles. The van der Waals surface area contributed by atoms with Gasteiger partial charge in [-0.05, 0) is 88.3 Å². The highest BCUT2D eigenvalue weighted by Gasteiger charge is 2.41. The summed E-state index contributed by atoms with van der Waals surface area (Å²) in [6, 6.07) is -2.27. The zero-order chi connectivity index (χ0) is 81.1. The quantitative estimate of drug-likeness (QED) is 0.0274. The molecular formula is C69H105N17O22. The molecule has 108 heavy (non-hydrogen) atoms. The van der Waals surface area contributed by atoms with Crippen molar-refractivity contribution in [1.29, 1.82) is 0 Å². The molecule has 0 radical (unpaired) electrons. The Morgan fingerprint density at radius 1 is 0.509 bits per heavy atom. The third-order valence-electron chi connectivity index (χ3n) is 17.2. The first-order chi connectivity index (χ1) is 50.9. The van der Waals surface area contributed by atoms with Gasteiger partial charge in [0.2, 0.25) is 88.6 Å². The average molecular weight is 1520 g/mol. The number of aliphatic hydroxyl groups is 3. The van der Waals surface area contributed by atoms with Crippen molar-refractivity contribution in [2.24, 2.45) is 34.8 Å². The summed E-state index contributed by atoms with van der Waals surface area (Å²) in [5, 5.41) is 79.5. The Labute approximate surface area is 623 Å². The van der Waals surface area contributed by atoms with Crippen LogP contribution in [0.4, 0.5) is 0 Å². The van der Waals surface area contributed by atoms with E-state index in [9.17, 15) is 107 Å². The van der Waals surface area contributed by atoms with E-state index in [0.29, 0.717) is 24.0 Å². The first-order valence-corrected chi connectivity index (χ1v) is 35.3. The molecule has 15 atom stereocenters. The molecule has 0 bridgehead atoms. The minimum absolute atomic E-state index is 0.111. The number of aliphatic carboxylic acids is 2. The molecule has 0 aliphatic carbocycles. The Morgan fingerprint density at radius 3 is 1.45 bits per heavy atom. The number of primary amides is 2. The fourth-order valence-corrected chi connectivity index (χ4v) is 11.2. The van der Waals surface area contributed by atoms with Crippen LogP contribution in [0, 0.1) is 11.8 Å². The molecule has 2 aromatic rings. The number of likely N-dealkylation sites (tertiary alicyclic amines) is 1. The van der Waals surface area contributed by atoms with Crippen molar-refractivity contribution in [2.75, 3.05) is 32.8 Å². The highest BCUT2D eigenvalue weighted by atomic mass is 16.4. The lowest BCUT2D eigenvalue weighted by atomic mass is 9.96. The zero-order valence-corrected chi connectivity index (χ0v) is 61.2. The molecule has 598 valence electrons. The van der Waals surface area contributed by atoms with E-state index in [-0.39, 0.29) is 64.0 Å². The van der Waals surface area contributed by atoms with Gasteiger partial charge in [0.1, 0.15) is 66.5 Å². The number of carboxylic acid groups (broad SMARTS) is 2. The van der Waals surface area contributed by atoms with Gasteiger partial charge >= 0.3 is 11.9 Å². The zero-order valence-electron chi connectivity index (χ0n) is 61.2. The second-order valence-electron chi connectivity index (χ2n) is 26.7. The summed E-state index contributed by atoms with van der Waals surface area (Å²) in [5.41, 5.74) is 23.1. The lowest BCUT2D eigenvalue weighted by Crippen LogP contribution is -2.61. The van der Waals surface area contributed by atoms with E-state index < -0.39 is 237 Å². The highest BCUT2D eigenvalue weighted by molar-refractivity contribution is 6.00. The number of hydrogen-bond donors (Lipinski definition) is 21.